The number of nitrogens with zero attached hydrogens (tertiary/aromatic N) is 3. The van der Waals surface area contributed by atoms with E-state index in [4.69, 9.17) is 13.9 Å². The zero-order chi connectivity index (χ0) is 28.5. The number of likely N-dealkylation sites (N-methyl/N-ethyl adjacent to an activating group) is 1. The molecule has 3 heterocycles. The van der Waals surface area contributed by atoms with E-state index in [0.717, 1.165) is 37.1 Å². The van der Waals surface area contributed by atoms with Gasteiger partial charge in [0.1, 0.15) is 22.7 Å². The van der Waals surface area contributed by atoms with Gasteiger partial charge >= 0.3 is 5.97 Å². The lowest BCUT2D eigenvalue weighted by atomic mass is 9.89. The molecule has 216 valence electrons. The summed E-state index contributed by atoms with van der Waals surface area (Å²) in [6.07, 6.45) is 6.70. The summed E-state index contributed by atoms with van der Waals surface area (Å²) >= 11 is 0. The number of furan rings is 1. The lowest BCUT2D eigenvalue weighted by Gasteiger charge is -2.39. The molecule has 41 heavy (non-hydrogen) atoms. The first-order valence-electron chi connectivity index (χ1n) is 14.8. The molecule has 1 atom stereocenters. The number of aromatic hydroxyl groups is 1. The Labute approximate surface area is 240 Å². The van der Waals surface area contributed by atoms with Crippen LogP contribution in [0.15, 0.2) is 47.0 Å². The van der Waals surface area contributed by atoms with Gasteiger partial charge in [-0.3, -0.25) is 4.90 Å². The van der Waals surface area contributed by atoms with Crippen LogP contribution in [0.3, 0.4) is 0 Å². The summed E-state index contributed by atoms with van der Waals surface area (Å²) in [7, 11) is 2.12. The SMILES string of the molecule is CCOC(=O)c1c(C)oc2c1c(C(c1ccnc(OCC3CCCC3)c1)N1CCN(C)CC1)c(O)c1ccccc12. The molecule has 2 aromatic carbocycles. The Morgan fingerprint density at radius 1 is 1.12 bits per heavy atom. The first-order valence-corrected chi connectivity index (χ1v) is 14.8. The second-order valence-corrected chi connectivity index (χ2v) is 11.4. The summed E-state index contributed by atoms with van der Waals surface area (Å²) in [6, 6.07) is 11.3. The van der Waals surface area contributed by atoms with Crippen LogP contribution in [0.1, 0.15) is 65.9 Å². The van der Waals surface area contributed by atoms with Crippen LogP contribution in [0.2, 0.25) is 0 Å². The average molecular weight is 558 g/mol. The monoisotopic (exact) mass is 557 g/mol. The van der Waals surface area contributed by atoms with Crippen LogP contribution in [-0.4, -0.2) is 72.3 Å². The number of phenols is 1. The average Bonchev–Trinajstić information content (AvgIpc) is 3.63. The van der Waals surface area contributed by atoms with Gasteiger partial charge in [0.05, 0.1) is 19.3 Å². The van der Waals surface area contributed by atoms with Gasteiger partial charge in [-0.05, 0) is 51.3 Å². The molecule has 1 aliphatic carbocycles. The minimum Gasteiger partial charge on any atom is -0.507 e. The number of rotatable bonds is 8. The Morgan fingerprint density at radius 2 is 1.85 bits per heavy atom. The van der Waals surface area contributed by atoms with Crippen molar-refractivity contribution in [2.45, 2.75) is 45.6 Å². The van der Waals surface area contributed by atoms with Gasteiger partial charge in [-0.15, -0.1) is 0 Å². The molecular formula is C33H39N3O5. The summed E-state index contributed by atoms with van der Waals surface area (Å²) in [6.45, 7) is 7.85. The van der Waals surface area contributed by atoms with Crippen molar-refractivity contribution in [2.24, 2.45) is 5.92 Å². The number of piperazine rings is 1. The molecule has 1 N–H and O–H groups in total. The standard InChI is InChI=1S/C33H39N3O5/c1-4-39-33(38)27-21(2)41-32-25-12-8-7-11-24(25)31(37)29(28(27)32)30(36-17-15-35(3)16-18-36)23-13-14-34-26(19-23)40-20-22-9-5-6-10-22/h7-8,11-14,19,22,30,37H,4-6,9-10,15-18,20H2,1-3H3. The minimum atomic E-state index is -0.452. The van der Waals surface area contributed by atoms with Crippen molar-refractivity contribution in [1.29, 1.82) is 0 Å². The van der Waals surface area contributed by atoms with Gasteiger partial charge in [0.25, 0.3) is 0 Å². The number of aryl methyl sites for hydroxylation is 1. The Balaban J connectivity index is 1.56. The Kier molecular flexibility index (Phi) is 7.86. The highest BCUT2D eigenvalue weighted by molar-refractivity contribution is 6.16. The second-order valence-electron chi connectivity index (χ2n) is 11.4. The number of pyridine rings is 1. The fourth-order valence-electron chi connectivity index (χ4n) is 6.55. The van der Waals surface area contributed by atoms with Gasteiger partial charge in [0, 0.05) is 60.2 Å². The van der Waals surface area contributed by atoms with Crippen molar-refractivity contribution < 1.29 is 23.8 Å². The number of fused-ring (bicyclic) bond motifs is 3. The Morgan fingerprint density at radius 3 is 2.59 bits per heavy atom. The summed E-state index contributed by atoms with van der Waals surface area (Å²) in [5.74, 6) is 1.32. The van der Waals surface area contributed by atoms with Gasteiger partial charge in [-0.25, -0.2) is 9.78 Å². The molecule has 0 bridgehead atoms. The van der Waals surface area contributed by atoms with Crippen LogP contribution in [-0.2, 0) is 4.74 Å². The van der Waals surface area contributed by atoms with Crippen molar-refractivity contribution >= 4 is 27.7 Å². The highest BCUT2D eigenvalue weighted by atomic mass is 16.5. The minimum absolute atomic E-state index is 0.147. The maximum Gasteiger partial charge on any atom is 0.342 e. The highest BCUT2D eigenvalue weighted by Gasteiger charge is 2.35. The predicted molar refractivity (Wildman–Crippen MR) is 159 cm³/mol. The fourth-order valence-corrected chi connectivity index (χ4v) is 6.55. The molecule has 1 unspecified atom stereocenters. The van der Waals surface area contributed by atoms with E-state index in [1.54, 1.807) is 20.0 Å². The molecule has 0 radical (unpaired) electrons. The maximum atomic E-state index is 13.4. The third-order valence-corrected chi connectivity index (χ3v) is 8.71. The lowest BCUT2D eigenvalue weighted by Crippen LogP contribution is -2.46. The number of aromatic nitrogens is 1. The molecule has 2 aromatic heterocycles. The smallest absolute Gasteiger partial charge is 0.342 e. The number of ether oxygens (including phenoxy) is 2. The zero-order valence-electron chi connectivity index (χ0n) is 24.2. The number of hydrogen-bond donors (Lipinski definition) is 1. The molecular weight excluding hydrogens is 518 g/mol. The molecule has 4 aromatic rings. The first kappa shape index (κ1) is 27.5. The number of phenolic OH excluding ortho intramolecular Hbond substituents is 1. The van der Waals surface area contributed by atoms with Gasteiger partial charge in [-0.1, -0.05) is 37.1 Å². The molecule has 1 saturated heterocycles. The predicted octanol–water partition coefficient (Wildman–Crippen LogP) is 6.08. The van der Waals surface area contributed by atoms with Crippen LogP contribution < -0.4 is 4.74 Å². The van der Waals surface area contributed by atoms with E-state index in [1.807, 2.05) is 36.4 Å². The lowest BCUT2D eigenvalue weighted by molar-refractivity contribution is 0.0526. The van der Waals surface area contributed by atoms with Crippen molar-refractivity contribution in [3.05, 3.63) is 65.0 Å². The van der Waals surface area contributed by atoms with Crippen molar-refractivity contribution in [3.8, 4) is 11.6 Å². The van der Waals surface area contributed by atoms with Gasteiger partial charge in [0.15, 0.2) is 0 Å². The molecule has 8 nitrogen and oxygen atoms in total. The molecule has 2 aliphatic rings. The molecule has 0 spiro atoms. The van der Waals surface area contributed by atoms with E-state index in [-0.39, 0.29) is 18.4 Å². The molecule has 6 rings (SSSR count). The summed E-state index contributed by atoms with van der Waals surface area (Å²) in [4.78, 5) is 22.6. The third-order valence-electron chi connectivity index (χ3n) is 8.71. The molecule has 0 amide bonds. The van der Waals surface area contributed by atoms with E-state index < -0.39 is 5.97 Å². The van der Waals surface area contributed by atoms with E-state index in [9.17, 15) is 9.90 Å². The maximum absolute atomic E-state index is 13.4. The van der Waals surface area contributed by atoms with Crippen LogP contribution in [0, 0.1) is 12.8 Å². The normalized spacial score (nSPS) is 17.8. The van der Waals surface area contributed by atoms with Gasteiger partial charge in [0.2, 0.25) is 5.88 Å². The summed E-state index contributed by atoms with van der Waals surface area (Å²) in [5, 5.41) is 14.1. The quantitative estimate of drug-likeness (QED) is 0.261. The van der Waals surface area contributed by atoms with Crippen molar-refractivity contribution in [2.75, 3.05) is 46.4 Å². The third kappa shape index (κ3) is 5.26. The van der Waals surface area contributed by atoms with E-state index in [1.165, 1.54) is 25.7 Å². The van der Waals surface area contributed by atoms with Gasteiger partial charge in [-0.2, -0.15) is 0 Å². The van der Waals surface area contributed by atoms with E-state index in [2.05, 4.69) is 21.8 Å². The number of hydrogen-bond acceptors (Lipinski definition) is 8. The van der Waals surface area contributed by atoms with E-state index >= 15 is 0 Å². The summed E-state index contributed by atoms with van der Waals surface area (Å²) in [5.41, 5.74) is 2.55. The van der Waals surface area contributed by atoms with Crippen LogP contribution in [0.5, 0.6) is 11.6 Å². The number of carbonyl (C=O) groups excluding carboxylic acids is 1. The van der Waals surface area contributed by atoms with E-state index in [0.29, 0.717) is 51.6 Å². The number of carbonyl (C=O) groups is 1. The van der Waals surface area contributed by atoms with Crippen molar-refractivity contribution in [1.82, 2.24) is 14.8 Å². The molecule has 2 fully saturated rings. The largest absolute Gasteiger partial charge is 0.507 e. The fraction of sp³-hybridized carbons (Fsp3) is 0.455. The Hall–Kier alpha value is -3.62. The van der Waals surface area contributed by atoms with Crippen LogP contribution in [0.4, 0.5) is 0 Å². The van der Waals surface area contributed by atoms with Gasteiger partial charge < -0.3 is 23.9 Å². The Bertz CT molecular complexity index is 1550. The van der Waals surface area contributed by atoms with Crippen LogP contribution in [0.25, 0.3) is 21.7 Å². The molecule has 8 heteroatoms. The molecule has 1 saturated carbocycles. The summed E-state index contributed by atoms with van der Waals surface area (Å²) < 4.78 is 18.0. The second kappa shape index (κ2) is 11.7. The number of benzene rings is 2. The topological polar surface area (TPSA) is 88.3 Å². The van der Waals surface area contributed by atoms with Crippen molar-refractivity contribution in [3.63, 3.8) is 0 Å². The zero-order valence-corrected chi connectivity index (χ0v) is 24.2. The van der Waals surface area contributed by atoms with Crippen LogP contribution >= 0.6 is 0 Å². The number of esters is 1. The highest BCUT2D eigenvalue weighted by Crippen LogP contribution is 2.47. The first-order chi connectivity index (χ1) is 20.0. The molecule has 1 aliphatic heterocycles.